The second kappa shape index (κ2) is 8.47. The van der Waals surface area contributed by atoms with Crippen molar-refractivity contribution in [2.75, 3.05) is 10.8 Å². The van der Waals surface area contributed by atoms with Crippen LogP contribution in [0.25, 0.3) is 11.4 Å². The highest BCUT2D eigenvalue weighted by Crippen LogP contribution is 2.32. The van der Waals surface area contributed by atoms with Gasteiger partial charge in [0, 0.05) is 24.5 Å². The molecule has 0 saturated heterocycles. The second-order valence-corrected chi connectivity index (χ2v) is 9.18. The molecule has 4 aromatic rings. The highest BCUT2D eigenvalue weighted by molar-refractivity contribution is 7.92. The molecule has 0 fully saturated rings. The maximum Gasteiger partial charge on any atom is 0.338 e. The number of sulfonamides is 1. The van der Waals surface area contributed by atoms with E-state index in [1.165, 1.54) is 28.6 Å². The van der Waals surface area contributed by atoms with Gasteiger partial charge in [0.15, 0.2) is 6.61 Å². The lowest BCUT2D eigenvalue weighted by molar-refractivity contribution is 0.0429. The molecule has 0 N–H and O–H groups in total. The van der Waals surface area contributed by atoms with Crippen LogP contribution < -0.4 is 4.31 Å². The molecule has 2 aromatic carbocycles. The molecule has 0 aliphatic carbocycles. The molecule has 0 unspecified atom stereocenters. The SMILES string of the molecule is O=C(OCc1nc(-c2cccnc2)no1)c1cccc(S(=O)(=O)N2CCc3ccccc32)c1. The van der Waals surface area contributed by atoms with Crippen molar-refractivity contribution < 1.29 is 22.5 Å². The first kappa shape index (κ1) is 20.8. The van der Waals surface area contributed by atoms with Crippen molar-refractivity contribution in [2.24, 2.45) is 0 Å². The molecular weight excluding hydrogens is 444 g/mol. The second-order valence-electron chi connectivity index (χ2n) is 7.31. The summed E-state index contributed by atoms with van der Waals surface area (Å²) in [5, 5.41) is 3.84. The number of hydrogen-bond acceptors (Lipinski definition) is 8. The summed E-state index contributed by atoms with van der Waals surface area (Å²) in [6.07, 6.45) is 3.86. The van der Waals surface area contributed by atoms with Crippen LogP contribution in [0, 0.1) is 0 Å². The third-order valence-corrected chi connectivity index (χ3v) is 7.03. The first-order chi connectivity index (χ1) is 16.0. The van der Waals surface area contributed by atoms with Crippen LogP contribution >= 0.6 is 0 Å². The summed E-state index contributed by atoms with van der Waals surface area (Å²) >= 11 is 0. The molecule has 1 aliphatic rings. The Bertz CT molecular complexity index is 1420. The summed E-state index contributed by atoms with van der Waals surface area (Å²) in [4.78, 5) is 20.8. The smallest absolute Gasteiger partial charge is 0.338 e. The molecule has 3 heterocycles. The van der Waals surface area contributed by atoms with Gasteiger partial charge in [0.05, 0.1) is 16.1 Å². The molecule has 0 bridgehead atoms. The number of nitrogens with zero attached hydrogens (tertiary/aromatic N) is 4. The number of fused-ring (bicyclic) bond motifs is 1. The van der Waals surface area contributed by atoms with E-state index >= 15 is 0 Å². The van der Waals surface area contributed by atoms with E-state index in [0.29, 0.717) is 30.0 Å². The van der Waals surface area contributed by atoms with Crippen molar-refractivity contribution in [1.29, 1.82) is 0 Å². The number of pyridine rings is 1. The van der Waals surface area contributed by atoms with E-state index in [4.69, 9.17) is 9.26 Å². The Morgan fingerprint density at radius 3 is 2.82 bits per heavy atom. The lowest BCUT2D eigenvalue weighted by Crippen LogP contribution is -2.29. The molecule has 9 nitrogen and oxygen atoms in total. The molecule has 1 aliphatic heterocycles. The Morgan fingerprint density at radius 1 is 1.09 bits per heavy atom. The third-order valence-electron chi connectivity index (χ3n) is 5.22. The lowest BCUT2D eigenvalue weighted by atomic mass is 10.2. The zero-order chi connectivity index (χ0) is 22.8. The number of para-hydroxylation sites is 1. The van der Waals surface area contributed by atoms with Crippen LogP contribution in [-0.4, -0.2) is 36.1 Å². The van der Waals surface area contributed by atoms with E-state index in [-0.39, 0.29) is 23.0 Å². The van der Waals surface area contributed by atoms with Crippen LogP contribution in [0.5, 0.6) is 0 Å². The quantitative estimate of drug-likeness (QED) is 0.401. The zero-order valence-corrected chi connectivity index (χ0v) is 18.1. The van der Waals surface area contributed by atoms with Crippen LogP contribution in [0.1, 0.15) is 21.8 Å². The number of ether oxygens (including phenoxy) is 1. The first-order valence-electron chi connectivity index (χ1n) is 10.1. The summed E-state index contributed by atoms with van der Waals surface area (Å²) in [7, 11) is -3.82. The van der Waals surface area contributed by atoms with Crippen LogP contribution in [0.15, 0.2) is 82.5 Å². The van der Waals surface area contributed by atoms with Gasteiger partial charge in [-0.1, -0.05) is 29.4 Å². The minimum Gasteiger partial charge on any atom is -0.452 e. The third kappa shape index (κ3) is 4.08. The van der Waals surface area contributed by atoms with E-state index in [2.05, 4.69) is 15.1 Å². The summed E-state index contributed by atoms with van der Waals surface area (Å²) in [5.41, 5.74) is 2.41. The Kier molecular flexibility index (Phi) is 5.35. The van der Waals surface area contributed by atoms with Gasteiger partial charge in [0.1, 0.15) is 0 Å². The number of aromatic nitrogens is 3. The van der Waals surface area contributed by atoms with Gasteiger partial charge >= 0.3 is 5.97 Å². The Morgan fingerprint density at radius 2 is 1.97 bits per heavy atom. The van der Waals surface area contributed by atoms with Gasteiger partial charge in [0.2, 0.25) is 5.82 Å². The van der Waals surface area contributed by atoms with Crippen LogP contribution in [0.2, 0.25) is 0 Å². The summed E-state index contributed by atoms with van der Waals surface area (Å²) in [6, 6.07) is 16.7. The van der Waals surface area contributed by atoms with Gasteiger partial charge in [-0.15, -0.1) is 0 Å². The average Bonchev–Trinajstić information content (AvgIpc) is 3.51. The van der Waals surface area contributed by atoms with E-state index in [9.17, 15) is 13.2 Å². The van der Waals surface area contributed by atoms with Crippen molar-refractivity contribution in [1.82, 2.24) is 15.1 Å². The summed E-state index contributed by atoms with van der Waals surface area (Å²) in [5.74, 6) is -0.261. The van der Waals surface area contributed by atoms with Crippen molar-refractivity contribution in [3.63, 3.8) is 0 Å². The Balaban J connectivity index is 1.30. The van der Waals surface area contributed by atoms with Crippen LogP contribution in [0.3, 0.4) is 0 Å². The van der Waals surface area contributed by atoms with E-state index < -0.39 is 16.0 Å². The fraction of sp³-hybridized carbons (Fsp3) is 0.130. The topological polar surface area (TPSA) is 115 Å². The Hall–Kier alpha value is -4.05. The predicted octanol–water partition coefficient (Wildman–Crippen LogP) is 3.24. The molecule has 5 rings (SSSR count). The molecule has 0 amide bonds. The van der Waals surface area contributed by atoms with Gasteiger partial charge in [0.25, 0.3) is 15.9 Å². The van der Waals surface area contributed by atoms with Crippen LogP contribution in [0.4, 0.5) is 5.69 Å². The molecule has 33 heavy (non-hydrogen) atoms. The first-order valence-corrected chi connectivity index (χ1v) is 11.6. The molecule has 0 radical (unpaired) electrons. The molecule has 0 atom stereocenters. The minimum absolute atomic E-state index is 0.0188. The summed E-state index contributed by atoms with van der Waals surface area (Å²) < 4.78 is 38.2. The largest absolute Gasteiger partial charge is 0.452 e. The molecule has 10 heteroatoms. The maximum atomic E-state index is 13.2. The van der Waals surface area contributed by atoms with Gasteiger partial charge in [-0.25, -0.2) is 13.2 Å². The predicted molar refractivity (Wildman–Crippen MR) is 118 cm³/mol. The van der Waals surface area contributed by atoms with Gasteiger partial charge < -0.3 is 9.26 Å². The van der Waals surface area contributed by atoms with Crippen molar-refractivity contribution in [3.05, 3.63) is 90.1 Å². The maximum absolute atomic E-state index is 13.2. The fourth-order valence-corrected chi connectivity index (χ4v) is 5.15. The number of esters is 1. The number of anilines is 1. The average molecular weight is 462 g/mol. The van der Waals surface area contributed by atoms with Gasteiger partial charge in [-0.05, 0) is 48.4 Å². The number of carbonyl (C=O) groups is 1. The zero-order valence-electron chi connectivity index (χ0n) is 17.3. The number of rotatable bonds is 6. The monoisotopic (exact) mass is 462 g/mol. The molecule has 0 spiro atoms. The van der Waals surface area contributed by atoms with Crippen molar-refractivity contribution in [3.8, 4) is 11.4 Å². The lowest BCUT2D eigenvalue weighted by Gasteiger charge is -2.19. The van der Waals surface area contributed by atoms with Gasteiger partial charge in [-0.2, -0.15) is 4.98 Å². The molecular formula is C23H18N4O5S. The molecule has 2 aromatic heterocycles. The summed E-state index contributed by atoms with van der Waals surface area (Å²) in [6.45, 7) is 0.107. The van der Waals surface area contributed by atoms with E-state index in [1.807, 2.05) is 12.1 Å². The standard InChI is InChI=1S/C23H18N4O5S/c28-23(31-15-21-25-22(26-32-21)18-7-4-11-24-14-18)17-6-3-8-19(13-17)33(29,30)27-12-10-16-5-1-2-9-20(16)27/h1-9,11,13-14H,10,12,15H2. The van der Waals surface area contributed by atoms with Crippen molar-refractivity contribution >= 4 is 21.7 Å². The van der Waals surface area contributed by atoms with Crippen LogP contribution in [-0.2, 0) is 27.8 Å². The fourth-order valence-electron chi connectivity index (χ4n) is 3.60. The number of benzene rings is 2. The van der Waals surface area contributed by atoms with Crippen molar-refractivity contribution in [2.45, 2.75) is 17.9 Å². The number of carbonyl (C=O) groups excluding carboxylic acids is 1. The molecule has 166 valence electrons. The minimum atomic E-state index is -3.82. The highest BCUT2D eigenvalue weighted by atomic mass is 32.2. The van der Waals surface area contributed by atoms with E-state index in [0.717, 1.165) is 5.56 Å². The van der Waals surface area contributed by atoms with Gasteiger partial charge in [-0.3, -0.25) is 9.29 Å². The highest BCUT2D eigenvalue weighted by Gasteiger charge is 2.31. The number of hydrogen-bond donors (Lipinski definition) is 0. The molecule has 0 saturated carbocycles. The normalized spacial score (nSPS) is 13.0. The van der Waals surface area contributed by atoms with E-state index in [1.54, 1.807) is 36.7 Å². The Labute approximate surface area is 189 Å².